The minimum atomic E-state index is 0.213. The molecule has 1 unspecified atom stereocenters. The van der Waals surface area contributed by atoms with E-state index in [4.69, 9.17) is 13.8 Å². The van der Waals surface area contributed by atoms with Gasteiger partial charge in [0, 0.05) is 19.0 Å². The fourth-order valence-electron chi connectivity index (χ4n) is 4.27. The summed E-state index contributed by atoms with van der Waals surface area (Å²) in [6.45, 7) is 3.76. The molecule has 1 saturated carbocycles. The summed E-state index contributed by atoms with van der Waals surface area (Å²) in [4.78, 5) is 7.47. The van der Waals surface area contributed by atoms with E-state index in [-0.39, 0.29) is 6.04 Å². The number of likely N-dealkylation sites (tertiary alicyclic amines) is 1. The van der Waals surface area contributed by atoms with Gasteiger partial charge in [0.25, 0.3) is 0 Å². The van der Waals surface area contributed by atoms with Crippen molar-refractivity contribution < 1.29 is 8.83 Å². The van der Waals surface area contributed by atoms with E-state index in [2.05, 4.69) is 21.6 Å². The maximum Gasteiger partial charge on any atom is 0.191 e. The highest BCUT2D eigenvalue weighted by Gasteiger charge is 2.25. The summed E-state index contributed by atoms with van der Waals surface area (Å²) < 4.78 is 11.2. The van der Waals surface area contributed by atoms with Crippen LogP contribution in [-0.2, 0) is 6.42 Å². The van der Waals surface area contributed by atoms with Crippen molar-refractivity contribution in [3.05, 3.63) is 48.3 Å². The molecule has 3 heterocycles. The largest absolute Gasteiger partial charge is 0.469 e. The van der Waals surface area contributed by atoms with E-state index in [1.807, 2.05) is 18.2 Å². The summed E-state index contributed by atoms with van der Waals surface area (Å²) >= 11 is 0. The maximum atomic E-state index is 5.74. The summed E-state index contributed by atoms with van der Waals surface area (Å²) in [7, 11) is 0. The molecule has 2 aromatic heterocycles. The first-order chi connectivity index (χ1) is 13.9. The van der Waals surface area contributed by atoms with Gasteiger partial charge in [-0.25, -0.2) is 0 Å². The van der Waals surface area contributed by atoms with Crippen molar-refractivity contribution in [3.8, 4) is 0 Å². The number of guanidine groups is 1. The molecule has 2 aromatic rings. The molecule has 1 saturated heterocycles. The average Bonchev–Trinajstić information content (AvgIpc) is 3.50. The van der Waals surface area contributed by atoms with Crippen LogP contribution in [0.15, 0.2) is 50.6 Å². The minimum Gasteiger partial charge on any atom is -0.469 e. The standard InChI is InChI=1S/C22H32N4O2/c1-2-8-18(7-1)25-22(23-12-11-19-9-5-15-27-19)24-17-20(21-10-6-16-28-21)26-13-3-4-14-26/h5-6,9-10,15-16,18,20H,1-4,7-8,11-14,17H2,(H2,23,24,25). The van der Waals surface area contributed by atoms with Gasteiger partial charge < -0.3 is 19.5 Å². The highest BCUT2D eigenvalue weighted by molar-refractivity contribution is 5.80. The van der Waals surface area contributed by atoms with Gasteiger partial charge in [-0.15, -0.1) is 0 Å². The van der Waals surface area contributed by atoms with Crippen LogP contribution >= 0.6 is 0 Å². The van der Waals surface area contributed by atoms with Gasteiger partial charge in [-0.05, 0) is 63.0 Å². The summed E-state index contributed by atoms with van der Waals surface area (Å²) in [6, 6.07) is 8.75. The predicted molar refractivity (Wildman–Crippen MR) is 110 cm³/mol. The number of hydrogen-bond acceptors (Lipinski definition) is 4. The predicted octanol–water partition coefficient (Wildman–Crippen LogP) is 3.73. The Morgan fingerprint density at radius 3 is 2.57 bits per heavy atom. The Bertz CT molecular complexity index is 699. The molecule has 152 valence electrons. The number of hydrogen-bond donors (Lipinski definition) is 2. The lowest BCUT2D eigenvalue weighted by atomic mass is 10.2. The molecular weight excluding hydrogens is 352 g/mol. The summed E-state index contributed by atoms with van der Waals surface area (Å²) in [5.74, 6) is 2.92. The van der Waals surface area contributed by atoms with Crippen molar-refractivity contribution in [1.29, 1.82) is 0 Å². The fourth-order valence-corrected chi connectivity index (χ4v) is 4.27. The van der Waals surface area contributed by atoms with Gasteiger partial charge in [0.15, 0.2) is 5.96 Å². The molecule has 2 N–H and O–H groups in total. The molecule has 1 atom stereocenters. The van der Waals surface area contributed by atoms with E-state index >= 15 is 0 Å². The van der Waals surface area contributed by atoms with Gasteiger partial charge in [0.2, 0.25) is 0 Å². The third kappa shape index (κ3) is 5.19. The van der Waals surface area contributed by atoms with Crippen LogP contribution in [0.1, 0.15) is 56.1 Å². The van der Waals surface area contributed by atoms with Crippen LogP contribution in [0, 0.1) is 0 Å². The molecule has 0 bridgehead atoms. The quantitative estimate of drug-likeness (QED) is 0.536. The molecule has 2 aliphatic rings. The second kappa shape index (κ2) is 9.82. The molecule has 0 amide bonds. The van der Waals surface area contributed by atoms with Gasteiger partial charge >= 0.3 is 0 Å². The third-order valence-electron chi connectivity index (χ3n) is 5.82. The van der Waals surface area contributed by atoms with Gasteiger partial charge in [-0.3, -0.25) is 9.89 Å². The SMILES string of the molecule is c1coc(CCNC(=NCC(c2ccco2)N2CCCC2)NC2CCCC2)c1. The van der Waals surface area contributed by atoms with Crippen molar-refractivity contribution >= 4 is 5.96 Å². The molecular formula is C22H32N4O2. The first-order valence-corrected chi connectivity index (χ1v) is 10.7. The molecule has 0 radical (unpaired) electrons. The Morgan fingerprint density at radius 2 is 1.86 bits per heavy atom. The van der Waals surface area contributed by atoms with Crippen LogP contribution in [0.5, 0.6) is 0 Å². The highest BCUT2D eigenvalue weighted by atomic mass is 16.3. The van der Waals surface area contributed by atoms with Gasteiger partial charge in [-0.2, -0.15) is 0 Å². The molecule has 6 nitrogen and oxygen atoms in total. The van der Waals surface area contributed by atoms with Crippen molar-refractivity contribution in [2.24, 2.45) is 4.99 Å². The number of furan rings is 2. The van der Waals surface area contributed by atoms with E-state index in [1.54, 1.807) is 12.5 Å². The lowest BCUT2D eigenvalue weighted by molar-refractivity contribution is 0.221. The molecule has 4 rings (SSSR count). The topological polar surface area (TPSA) is 65.9 Å². The minimum absolute atomic E-state index is 0.213. The number of nitrogens with one attached hydrogen (secondary N) is 2. The number of rotatable bonds is 8. The van der Waals surface area contributed by atoms with Crippen LogP contribution in [0.25, 0.3) is 0 Å². The van der Waals surface area contributed by atoms with Crippen molar-refractivity contribution in [1.82, 2.24) is 15.5 Å². The molecule has 1 aliphatic carbocycles. The van der Waals surface area contributed by atoms with Crippen LogP contribution < -0.4 is 10.6 Å². The van der Waals surface area contributed by atoms with E-state index in [0.717, 1.165) is 43.5 Å². The summed E-state index contributed by atoms with van der Waals surface area (Å²) in [5, 5.41) is 7.15. The van der Waals surface area contributed by atoms with Gasteiger partial charge in [0.05, 0.1) is 25.1 Å². The normalized spacial score (nSPS) is 19.9. The highest BCUT2D eigenvalue weighted by Crippen LogP contribution is 2.26. The molecule has 2 fully saturated rings. The van der Waals surface area contributed by atoms with Crippen LogP contribution in [-0.4, -0.2) is 43.1 Å². The molecule has 0 spiro atoms. The maximum absolute atomic E-state index is 5.74. The Morgan fingerprint density at radius 1 is 1.07 bits per heavy atom. The lowest BCUT2D eigenvalue weighted by Crippen LogP contribution is -2.43. The van der Waals surface area contributed by atoms with E-state index in [0.29, 0.717) is 12.6 Å². The second-order valence-corrected chi connectivity index (χ2v) is 7.85. The Balaban J connectivity index is 1.40. The zero-order valence-corrected chi connectivity index (χ0v) is 16.6. The first kappa shape index (κ1) is 19.1. The smallest absolute Gasteiger partial charge is 0.191 e. The molecule has 1 aliphatic heterocycles. The Labute approximate surface area is 167 Å². The monoisotopic (exact) mass is 384 g/mol. The number of aliphatic imine (C=N–C) groups is 1. The molecule has 28 heavy (non-hydrogen) atoms. The zero-order chi connectivity index (χ0) is 19.0. The van der Waals surface area contributed by atoms with Crippen molar-refractivity contribution in [3.63, 3.8) is 0 Å². The van der Waals surface area contributed by atoms with Crippen molar-refractivity contribution in [2.75, 3.05) is 26.2 Å². The molecule has 6 heteroatoms. The fraction of sp³-hybridized carbons (Fsp3) is 0.591. The summed E-state index contributed by atoms with van der Waals surface area (Å²) in [6.07, 6.45) is 11.9. The van der Waals surface area contributed by atoms with Gasteiger partial charge in [-0.1, -0.05) is 12.8 Å². The van der Waals surface area contributed by atoms with E-state index in [1.165, 1.54) is 38.5 Å². The van der Waals surface area contributed by atoms with Crippen molar-refractivity contribution in [2.45, 2.75) is 57.0 Å². The summed E-state index contributed by atoms with van der Waals surface area (Å²) in [5.41, 5.74) is 0. The Kier molecular flexibility index (Phi) is 6.71. The average molecular weight is 385 g/mol. The first-order valence-electron chi connectivity index (χ1n) is 10.7. The van der Waals surface area contributed by atoms with Crippen LogP contribution in [0.4, 0.5) is 0 Å². The Hall–Kier alpha value is -2.21. The third-order valence-corrected chi connectivity index (χ3v) is 5.82. The van der Waals surface area contributed by atoms with Crippen LogP contribution in [0.3, 0.4) is 0 Å². The van der Waals surface area contributed by atoms with E-state index in [9.17, 15) is 0 Å². The van der Waals surface area contributed by atoms with Gasteiger partial charge in [0.1, 0.15) is 11.5 Å². The second-order valence-electron chi connectivity index (χ2n) is 7.85. The van der Waals surface area contributed by atoms with Crippen LogP contribution in [0.2, 0.25) is 0 Å². The number of nitrogens with zero attached hydrogens (tertiary/aromatic N) is 2. The van der Waals surface area contributed by atoms with E-state index < -0.39 is 0 Å². The molecule has 0 aromatic carbocycles. The lowest BCUT2D eigenvalue weighted by Gasteiger charge is -2.25. The zero-order valence-electron chi connectivity index (χ0n) is 16.6.